The number of benzene rings is 1. The van der Waals surface area contributed by atoms with Crippen LogP contribution in [0.1, 0.15) is 17.3 Å². The van der Waals surface area contributed by atoms with E-state index in [2.05, 4.69) is 4.74 Å². The van der Waals surface area contributed by atoms with Crippen molar-refractivity contribution in [3.05, 3.63) is 27.8 Å². The molecular weight excluding hydrogens is 238 g/mol. The number of carbonyl (C=O) groups is 1. The van der Waals surface area contributed by atoms with Crippen LogP contribution in [0.25, 0.3) is 0 Å². The number of nitrogens with zero attached hydrogens (tertiary/aromatic N) is 1. The normalized spacial score (nSPS) is 10.4. The fourth-order valence-corrected chi connectivity index (χ4v) is 1.27. The summed E-state index contributed by atoms with van der Waals surface area (Å²) in [5, 5.41) is 10.7. The lowest BCUT2D eigenvalue weighted by atomic mass is 10.1. The van der Waals surface area contributed by atoms with Crippen LogP contribution in [-0.4, -0.2) is 17.3 Å². The van der Waals surface area contributed by atoms with Crippen molar-refractivity contribution in [2.45, 2.75) is 13.5 Å². The second kappa shape index (κ2) is 4.73. The highest BCUT2D eigenvalue weighted by Gasteiger charge is 2.26. The molecule has 2 N–H and O–H groups in total. The van der Waals surface area contributed by atoms with Crippen molar-refractivity contribution in [1.29, 1.82) is 0 Å². The number of halogens is 2. The van der Waals surface area contributed by atoms with Crippen LogP contribution in [0.2, 0.25) is 0 Å². The van der Waals surface area contributed by atoms with Gasteiger partial charge in [0.2, 0.25) is 5.75 Å². The van der Waals surface area contributed by atoms with Gasteiger partial charge < -0.3 is 10.5 Å². The zero-order valence-corrected chi connectivity index (χ0v) is 8.65. The van der Waals surface area contributed by atoms with Crippen LogP contribution in [0.4, 0.5) is 20.2 Å². The molecule has 0 aliphatic rings. The molecule has 0 unspecified atom stereocenters. The summed E-state index contributed by atoms with van der Waals surface area (Å²) in [6.07, 6.45) is 0. The second-order valence-electron chi connectivity index (χ2n) is 3.11. The Bertz CT molecular complexity index is 476. The first-order chi connectivity index (χ1) is 7.82. The molecule has 92 valence electrons. The molecule has 0 saturated heterocycles. The summed E-state index contributed by atoms with van der Waals surface area (Å²) in [6, 6.07) is 1.91. The van der Waals surface area contributed by atoms with Crippen molar-refractivity contribution in [3.8, 4) is 5.75 Å². The van der Waals surface area contributed by atoms with E-state index in [1.54, 1.807) is 0 Å². The first kappa shape index (κ1) is 12.8. The molecule has 8 heteroatoms. The Balaban J connectivity index is 3.46. The van der Waals surface area contributed by atoms with Crippen molar-refractivity contribution >= 4 is 17.2 Å². The van der Waals surface area contributed by atoms with E-state index in [4.69, 9.17) is 5.73 Å². The van der Waals surface area contributed by atoms with Gasteiger partial charge in [0.05, 0.1) is 4.92 Å². The largest absolute Gasteiger partial charge is 0.427 e. The van der Waals surface area contributed by atoms with Gasteiger partial charge in [-0.3, -0.25) is 14.9 Å². The second-order valence-corrected chi connectivity index (χ2v) is 3.11. The molecule has 0 aromatic heterocycles. The maximum absolute atomic E-state index is 12.1. The topological polar surface area (TPSA) is 95.5 Å². The van der Waals surface area contributed by atoms with Crippen LogP contribution in [0.5, 0.6) is 5.75 Å². The van der Waals surface area contributed by atoms with E-state index in [0.717, 1.165) is 19.1 Å². The molecule has 6 nitrogen and oxygen atoms in total. The Morgan fingerprint density at radius 1 is 1.53 bits per heavy atom. The van der Waals surface area contributed by atoms with Crippen LogP contribution in [0.3, 0.4) is 0 Å². The molecular formula is C9H8F2N2O4. The number of ether oxygens (including phenoxy) is 1. The Kier molecular flexibility index (Phi) is 3.56. The minimum atomic E-state index is -3.24. The zero-order valence-electron chi connectivity index (χ0n) is 8.65. The fraction of sp³-hybridized carbons (Fsp3) is 0.222. The Hall–Kier alpha value is -2.25. The van der Waals surface area contributed by atoms with Gasteiger partial charge in [-0.1, -0.05) is 0 Å². The summed E-state index contributed by atoms with van der Waals surface area (Å²) in [6.45, 7) is -2.18. The highest BCUT2D eigenvalue weighted by molar-refractivity contribution is 6.00. The summed E-state index contributed by atoms with van der Waals surface area (Å²) in [5.41, 5.74) is 4.09. The summed E-state index contributed by atoms with van der Waals surface area (Å²) in [7, 11) is 0. The molecule has 17 heavy (non-hydrogen) atoms. The number of nitro benzene ring substituents is 1. The molecule has 0 atom stereocenters. The molecule has 1 aromatic carbocycles. The van der Waals surface area contributed by atoms with Crippen LogP contribution >= 0.6 is 0 Å². The van der Waals surface area contributed by atoms with Crippen molar-refractivity contribution in [3.63, 3.8) is 0 Å². The lowest BCUT2D eigenvalue weighted by molar-refractivity contribution is -0.386. The summed E-state index contributed by atoms with van der Waals surface area (Å²) >= 11 is 0. The summed E-state index contributed by atoms with van der Waals surface area (Å²) in [5.74, 6) is -1.39. The molecule has 0 amide bonds. The average Bonchev–Trinajstić information content (AvgIpc) is 2.14. The molecule has 0 fully saturated rings. The molecule has 0 aliphatic heterocycles. The Morgan fingerprint density at radius 2 is 2.12 bits per heavy atom. The average molecular weight is 246 g/mol. The summed E-state index contributed by atoms with van der Waals surface area (Å²) < 4.78 is 28.1. The molecule has 0 saturated carbocycles. The van der Waals surface area contributed by atoms with E-state index >= 15 is 0 Å². The lowest BCUT2D eigenvalue weighted by Gasteiger charge is -2.08. The van der Waals surface area contributed by atoms with Gasteiger partial charge in [-0.05, 0) is 13.0 Å². The van der Waals surface area contributed by atoms with Crippen molar-refractivity contribution < 1.29 is 23.2 Å². The smallest absolute Gasteiger partial charge is 0.387 e. The fourth-order valence-electron chi connectivity index (χ4n) is 1.27. The number of nitrogens with two attached hydrogens (primary N) is 1. The molecule has 0 spiro atoms. The first-order valence-corrected chi connectivity index (χ1v) is 4.36. The standard InChI is InChI=1S/C9H8F2N2O4/c1-4(14)6-2-5(12)3-7(17-9(10)11)8(6)13(15)16/h2-3,9H,12H2,1H3. The first-order valence-electron chi connectivity index (χ1n) is 4.36. The predicted molar refractivity (Wildman–Crippen MR) is 54.1 cm³/mol. The number of ketones is 1. The minimum Gasteiger partial charge on any atom is -0.427 e. The highest BCUT2D eigenvalue weighted by Crippen LogP contribution is 2.34. The highest BCUT2D eigenvalue weighted by atomic mass is 19.3. The molecule has 1 rings (SSSR count). The van der Waals surface area contributed by atoms with Gasteiger partial charge in [-0.25, -0.2) is 0 Å². The lowest BCUT2D eigenvalue weighted by Crippen LogP contribution is -2.09. The predicted octanol–water partition coefficient (Wildman–Crippen LogP) is 1.98. The van der Waals surface area contributed by atoms with Crippen LogP contribution in [-0.2, 0) is 0 Å². The number of nitrogen functional groups attached to an aromatic ring is 1. The summed E-state index contributed by atoms with van der Waals surface area (Å²) in [4.78, 5) is 20.9. The van der Waals surface area contributed by atoms with Crippen LogP contribution in [0, 0.1) is 10.1 Å². The maximum atomic E-state index is 12.1. The van der Waals surface area contributed by atoms with E-state index in [9.17, 15) is 23.7 Å². The van der Waals surface area contributed by atoms with Gasteiger partial charge in [0, 0.05) is 11.8 Å². The van der Waals surface area contributed by atoms with Gasteiger partial charge >= 0.3 is 12.3 Å². The molecule has 0 radical (unpaired) electrons. The number of hydrogen-bond acceptors (Lipinski definition) is 5. The third kappa shape index (κ3) is 2.86. The Morgan fingerprint density at radius 3 is 2.53 bits per heavy atom. The van der Waals surface area contributed by atoms with Gasteiger partial charge in [-0.2, -0.15) is 8.78 Å². The van der Waals surface area contributed by atoms with E-state index in [1.165, 1.54) is 0 Å². The monoisotopic (exact) mass is 246 g/mol. The van der Waals surface area contributed by atoms with Crippen molar-refractivity contribution in [1.82, 2.24) is 0 Å². The molecule has 0 heterocycles. The molecule has 0 aliphatic carbocycles. The number of carbonyl (C=O) groups excluding carboxylic acids is 1. The van der Waals surface area contributed by atoms with Crippen LogP contribution < -0.4 is 10.5 Å². The van der Waals surface area contributed by atoms with E-state index in [0.29, 0.717) is 0 Å². The minimum absolute atomic E-state index is 0.0727. The number of hydrogen-bond donors (Lipinski definition) is 1. The van der Waals surface area contributed by atoms with E-state index in [1.807, 2.05) is 0 Å². The van der Waals surface area contributed by atoms with Crippen molar-refractivity contribution in [2.75, 3.05) is 5.73 Å². The molecule has 0 bridgehead atoms. The number of anilines is 1. The third-order valence-electron chi connectivity index (χ3n) is 1.88. The van der Waals surface area contributed by atoms with Gasteiger partial charge in [0.25, 0.3) is 0 Å². The quantitative estimate of drug-likeness (QED) is 0.379. The van der Waals surface area contributed by atoms with Gasteiger partial charge in [-0.15, -0.1) is 0 Å². The number of rotatable bonds is 4. The number of nitro groups is 1. The third-order valence-corrected chi connectivity index (χ3v) is 1.88. The number of Topliss-reactive ketones (excluding diaryl/α,β-unsaturated/α-hetero) is 1. The maximum Gasteiger partial charge on any atom is 0.387 e. The van der Waals surface area contributed by atoms with Crippen molar-refractivity contribution in [2.24, 2.45) is 0 Å². The van der Waals surface area contributed by atoms with Gasteiger partial charge in [0.15, 0.2) is 5.78 Å². The van der Waals surface area contributed by atoms with E-state index in [-0.39, 0.29) is 11.3 Å². The van der Waals surface area contributed by atoms with Gasteiger partial charge in [0.1, 0.15) is 5.56 Å². The van der Waals surface area contributed by atoms with E-state index < -0.39 is 28.8 Å². The SMILES string of the molecule is CC(=O)c1cc(N)cc(OC(F)F)c1[N+](=O)[O-]. The van der Waals surface area contributed by atoms with Crippen LogP contribution in [0.15, 0.2) is 12.1 Å². The molecule has 1 aromatic rings. The Labute approximate surface area is 94.1 Å². The zero-order chi connectivity index (χ0) is 13.2. The number of alkyl halides is 2.